The van der Waals surface area contributed by atoms with E-state index in [1.165, 1.54) is 13.2 Å². The Labute approximate surface area is 229 Å². The van der Waals surface area contributed by atoms with Crippen LogP contribution in [0.15, 0.2) is 48.8 Å². The number of ether oxygens (including phenoxy) is 1. The number of pyridine rings is 1. The van der Waals surface area contributed by atoms with Crippen molar-refractivity contribution in [2.75, 3.05) is 48.0 Å². The third-order valence-electron chi connectivity index (χ3n) is 6.20. The molecule has 1 aliphatic rings. The van der Waals surface area contributed by atoms with Crippen LogP contribution in [0.1, 0.15) is 28.4 Å². The fourth-order valence-electron chi connectivity index (χ4n) is 4.03. The minimum absolute atomic E-state index is 0.0644. The van der Waals surface area contributed by atoms with Crippen LogP contribution >= 0.6 is 0 Å². The molecule has 2 N–H and O–H groups in total. The molecule has 1 atom stereocenters. The van der Waals surface area contributed by atoms with Crippen molar-refractivity contribution >= 4 is 39.2 Å². The summed E-state index contributed by atoms with van der Waals surface area (Å²) >= 11 is 0. The fraction of sp³-hybridized carbons (Fsp3) is 0.360. The van der Waals surface area contributed by atoms with Crippen LogP contribution in [0, 0.1) is 0 Å². The molecular formula is C25H28F3N7O4S. The molecule has 0 radical (unpaired) electrons. The van der Waals surface area contributed by atoms with Gasteiger partial charge in [-0.2, -0.15) is 18.2 Å². The second-order valence-electron chi connectivity index (χ2n) is 9.15. The third kappa shape index (κ3) is 6.77. The predicted octanol–water partition coefficient (Wildman–Crippen LogP) is 3.50. The van der Waals surface area contributed by atoms with Crippen LogP contribution in [0.25, 0.3) is 0 Å². The highest BCUT2D eigenvalue weighted by atomic mass is 32.2. The predicted molar refractivity (Wildman–Crippen MR) is 143 cm³/mol. The Balaban J connectivity index is 1.58. The average molecular weight is 580 g/mol. The van der Waals surface area contributed by atoms with Crippen molar-refractivity contribution < 1.29 is 31.1 Å². The van der Waals surface area contributed by atoms with Crippen molar-refractivity contribution in [3.63, 3.8) is 0 Å². The Kier molecular flexibility index (Phi) is 8.44. The molecule has 1 unspecified atom stereocenters. The number of amides is 1. The molecule has 3 aromatic rings. The monoisotopic (exact) mass is 579 g/mol. The second-order valence-corrected chi connectivity index (χ2v) is 11.2. The summed E-state index contributed by atoms with van der Waals surface area (Å²) in [6.07, 6.45) is -1.74. The number of hydrogen-bond donors (Lipinski definition) is 2. The minimum atomic E-state index is -4.76. The second kappa shape index (κ2) is 11.6. The van der Waals surface area contributed by atoms with Crippen LogP contribution in [0.2, 0.25) is 0 Å². The van der Waals surface area contributed by atoms with Gasteiger partial charge in [0.1, 0.15) is 17.2 Å². The van der Waals surface area contributed by atoms with E-state index in [2.05, 4.69) is 25.6 Å². The van der Waals surface area contributed by atoms with Crippen molar-refractivity contribution in [1.82, 2.24) is 19.9 Å². The normalized spacial score (nSPS) is 15.9. The molecule has 214 valence electrons. The summed E-state index contributed by atoms with van der Waals surface area (Å²) in [6.45, 7) is 3.01. The summed E-state index contributed by atoms with van der Waals surface area (Å²) < 4.78 is 71.6. The fourth-order valence-corrected chi connectivity index (χ4v) is 4.50. The number of nitrogens with zero attached hydrogens (tertiary/aromatic N) is 5. The molecule has 40 heavy (non-hydrogen) atoms. The molecule has 0 spiro atoms. The lowest BCUT2D eigenvalue weighted by Gasteiger charge is -2.33. The largest absolute Gasteiger partial charge is 0.421 e. The van der Waals surface area contributed by atoms with Crippen LogP contribution in [-0.2, 0) is 27.5 Å². The number of carbonyl (C=O) groups excluding carboxylic acids is 1. The van der Waals surface area contributed by atoms with E-state index in [-0.39, 0.29) is 30.3 Å². The van der Waals surface area contributed by atoms with E-state index in [1.54, 1.807) is 41.3 Å². The third-order valence-corrected chi connectivity index (χ3v) is 7.37. The van der Waals surface area contributed by atoms with Gasteiger partial charge in [-0.1, -0.05) is 12.1 Å². The quantitative estimate of drug-likeness (QED) is 0.412. The van der Waals surface area contributed by atoms with Crippen LogP contribution in [-0.4, -0.2) is 73.3 Å². The van der Waals surface area contributed by atoms with Gasteiger partial charge < -0.3 is 20.3 Å². The van der Waals surface area contributed by atoms with Crippen LogP contribution in [0.3, 0.4) is 0 Å². The summed E-state index contributed by atoms with van der Waals surface area (Å²) in [4.78, 5) is 26.6. The Morgan fingerprint density at radius 2 is 2.00 bits per heavy atom. The molecule has 15 heteroatoms. The van der Waals surface area contributed by atoms with Crippen LogP contribution in [0.5, 0.6) is 0 Å². The Bertz CT molecular complexity index is 1490. The molecule has 0 bridgehead atoms. The van der Waals surface area contributed by atoms with Gasteiger partial charge in [0.15, 0.2) is 0 Å². The summed E-state index contributed by atoms with van der Waals surface area (Å²) in [7, 11) is -2.36. The van der Waals surface area contributed by atoms with Crippen LogP contribution in [0.4, 0.5) is 36.4 Å². The van der Waals surface area contributed by atoms with Gasteiger partial charge in [-0.05, 0) is 31.2 Å². The van der Waals surface area contributed by atoms with E-state index in [9.17, 15) is 26.4 Å². The van der Waals surface area contributed by atoms with Gasteiger partial charge in [-0.25, -0.2) is 18.4 Å². The van der Waals surface area contributed by atoms with E-state index < -0.39 is 27.6 Å². The standard InChI is InChI=1S/C25H28F3N7O4S/c1-16-15-39-11-10-35(16)23(36)17-6-4-8-19(12-17)32-24-31-14-20(25(26,27)28)21(33-24)30-13-18-7-5-9-29-22(18)34(2)40(3,37)38/h4-9,12,14,16H,10-11,13,15H2,1-3H3,(H2,30,31,32,33). The molecule has 4 rings (SSSR count). The van der Waals surface area contributed by atoms with Gasteiger partial charge in [0, 0.05) is 49.3 Å². The SMILES string of the molecule is CC1COCCN1C(=O)c1cccc(Nc2ncc(C(F)(F)F)c(NCc3cccnc3N(C)S(C)(=O)=O)n2)c1. The van der Waals surface area contributed by atoms with Gasteiger partial charge >= 0.3 is 6.18 Å². The first-order valence-electron chi connectivity index (χ1n) is 12.2. The number of halogens is 3. The van der Waals surface area contributed by atoms with Crippen molar-refractivity contribution in [3.8, 4) is 0 Å². The lowest BCUT2D eigenvalue weighted by atomic mass is 10.1. The minimum Gasteiger partial charge on any atom is -0.377 e. The number of aromatic nitrogens is 3. The lowest BCUT2D eigenvalue weighted by Crippen LogP contribution is -2.47. The smallest absolute Gasteiger partial charge is 0.377 e. The first-order valence-corrected chi connectivity index (χ1v) is 14.0. The first kappa shape index (κ1) is 29.0. The van der Waals surface area contributed by atoms with E-state index in [1.807, 2.05) is 6.92 Å². The van der Waals surface area contributed by atoms with Gasteiger partial charge in [0.05, 0.1) is 25.5 Å². The maximum atomic E-state index is 13.8. The number of alkyl halides is 3. The summed E-state index contributed by atoms with van der Waals surface area (Å²) in [6, 6.07) is 9.49. The van der Waals surface area contributed by atoms with Gasteiger partial charge in [0.25, 0.3) is 5.91 Å². The Morgan fingerprint density at radius 3 is 2.70 bits per heavy atom. The van der Waals surface area contributed by atoms with E-state index >= 15 is 0 Å². The number of carbonyl (C=O) groups is 1. The topological polar surface area (TPSA) is 130 Å². The highest BCUT2D eigenvalue weighted by molar-refractivity contribution is 7.92. The maximum Gasteiger partial charge on any atom is 0.421 e. The van der Waals surface area contributed by atoms with Gasteiger partial charge in [-0.15, -0.1) is 0 Å². The zero-order valence-electron chi connectivity index (χ0n) is 21.9. The number of anilines is 4. The Hall–Kier alpha value is -3.98. The van der Waals surface area contributed by atoms with Crippen molar-refractivity contribution in [2.45, 2.75) is 25.7 Å². The van der Waals surface area contributed by atoms with Gasteiger partial charge in [-0.3, -0.25) is 9.10 Å². The molecule has 1 amide bonds. The number of rotatable bonds is 8. The van der Waals surface area contributed by atoms with Crippen LogP contribution < -0.4 is 14.9 Å². The highest BCUT2D eigenvalue weighted by Crippen LogP contribution is 2.34. The number of benzene rings is 1. The zero-order chi connectivity index (χ0) is 29.1. The number of morpholine rings is 1. The maximum absolute atomic E-state index is 13.8. The average Bonchev–Trinajstić information content (AvgIpc) is 2.90. The molecular weight excluding hydrogens is 551 g/mol. The molecule has 1 aromatic carbocycles. The van der Waals surface area contributed by atoms with Crippen molar-refractivity contribution in [3.05, 3.63) is 65.5 Å². The first-order chi connectivity index (χ1) is 18.8. The summed E-state index contributed by atoms with van der Waals surface area (Å²) in [5.74, 6) is -0.785. The van der Waals surface area contributed by atoms with E-state index in [0.29, 0.717) is 42.8 Å². The van der Waals surface area contributed by atoms with E-state index in [0.717, 1.165) is 10.6 Å². The molecule has 1 aliphatic heterocycles. The van der Waals surface area contributed by atoms with Gasteiger partial charge in [0.2, 0.25) is 16.0 Å². The summed E-state index contributed by atoms with van der Waals surface area (Å²) in [5.41, 5.74) is 0.0234. The molecule has 2 aromatic heterocycles. The number of nitrogens with one attached hydrogen (secondary N) is 2. The molecule has 0 aliphatic carbocycles. The van der Waals surface area contributed by atoms with E-state index in [4.69, 9.17) is 4.74 Å². The van der Waals surface area contributed by atoms with Crippen molar-refractivity contribution in [2.24, 2.45) is 0 Å². The lowest BCUT2D eigenvalue weighted by molar-refractivity contribution is -0.137. The molecule has 11 nitrogen and oxygen atoms in total. The molecule has 1 fully saturated rings. The molecule has 0 saturated carbocycles. The Morgan fingerprint density at radius 1 is 1.23 bits per heavy atom. The summed E-state index contributed by atoms with van der Waals surface area (Å²) in [5, 5.41) is 5.50. The number of hydrogen-bond acceptors (Lipinski definition) is 9. The van der Waals surface area contributed by atoms with Crippen molar-refractivity contribution in [1.29, 1.82) is 0 Å². The highest BCUT2D eigenvalue weighted by Gasteiger charge is 2.35. The molecule has 3 heterocycles. The molecule has 1 saturated heterocycles. The number of sulfonamides is 1. The zero-order valence-corrected chi connectivity index (χ0v) is 22.8.